The number of anilines is 1. The largest absolute Gasteiger partial charge is 0.452 e. The first-order valence-electron chi connectivity index (χ1n) is 11.0. The van der Waals surface area contributed by atoms with Gasteiger partial charge in [0.1, 0.15) is 5.58 Å². The first kappa shape index (κ1) is 26.2. The maximum atomic E-state index is 13.5. The number of carbonyl (C=O) groups excluding carboxylic acids is 1. The van der Waals surface area contributed by atoms with Crippen molar-refractivity contribution in [2.24, 2.45) is 0 Å². The van der Waals surface area contributed by atoms with Gasteiger partial charge in [0, 0.05) is 40.3 Å². The average Bonchev–Trinajstić information content (AvgIpc) is 3.15. The minimum absolute atomic E-state index is 0.0272. The molecule has 0 atom stereocenters. The molecule has 0 unspecified atom stereocenters. The molecule has 10 heteroatoms. The van der Waals surface area contributed by atoms with Gasteiger partial charge in [-0.05, 0) is 54.6 Å². The highest BCUT2D eigenvalue weighted by Crippen LogP contribution is 2.34. The van der Waals surface area contributed by atoms with Crippen LogP contribution in [0.4, 0.5) is 5.69 Å². The lowest BCUT2D eigenvalue weighted by molar-refractivity contribution is 0.101. The standard InChI is InChI=1S/C26H24Cl2N2O5S/c1-30(10-11-31)15-22-20-8-6-17(16-4-3-5-19(12-16)29-36(2,33)34)13-24(20)35-26(22)25(32)21-9-7-18(27)14-23(21)28/h3-9,12-14,29,31H,10-11,15H2,1-2H3. The number of hydrogen-bond acceptors (Lipinski definition) is 6. The topological polar surface area (TPSA) is 99.8 Å². The molecule has 1 heterocycles. The first-order chi connectivity index (χ1) is 17.1. The molecule has 0 bridgehead atoms. The Morgan fingerprint density at radius 3 is 2.50 bits per heavy atom. The average molecular weight is 547 g/mol. The van der Waals surface area contributed by atoms with E-state index >= 15 is 0 Å². The molecule has 0 spiro atoms. The van der Waals surface area contributed by atoms with E-state index in [0.29, 0.717) is 34.9 Å². The van der Waals surface area contributed by atoms with Crippen LogP contribution in [-0.4, -0.2) is 50.7 Å². The number of sulfonamides is 1. The summed E-state index contributed by atoms with van der Waals surface area (Å²) in [6.45, 7) is 0.758. The molecular weight excluding hydrogens is 523 g/mol. The Hall–Kier alpha value is -2.88. The molecule has 4 rings (SSSR count). The summed E-state index contributed by atoms with van der Waals surface area (Å²) in [7, 11) is -1.58. The number of likely N-dealkylation sites (N-methyl/N-ethyl adjacent to an activating group) is 1. The number of benzene rings is 3. The van der Waals surface area contributed by atoms with E-state index in [1.54, 1.807) is 30.3 Å². The number of fused-ring (bicyclic) bond motifs is 1. The molecule has 188 valence electrons. The van der Waals surface area contributed by atoms with Gasteiger partial charge in [0.25, 0.3) is 0 Å². The van der Waals surface area contributed by atoms with Crippen LogP contribution in [0.2, 0.25) is 10.0 Å². The lowest BCUT2D eigenvalue weighted by Gasteiger charge is -2.15. The zero-order chi connectivity index (χ0) is 26.0. The van der Waals surface area contributed by atoms with Gasteiger partial charge < -0.3 is 9.52 Å². The maximum Gasteiger partial charge on any atom is 0.230 e. The van der Waals surface area contributed by atoms with Crippen molar-refractivity contribution in [1.29, 1.82) is 0 Å². The van der Waals surface area contributed by atoms with Crippen molar-refractivity contribution in [3.8, 4) is 11.1 Å². The van der Waals surface area contributed by atoms with Crippen LogP contribution in [0.1, 0.15) is 21.7 Å². The fourth-order valence-corrected chi connectivity index (χ4v) is 5.01. The predicted octanol–water partition coefficient (Wildman–Crippen LogP) is 5.43. The van der Waals surface area contributed by atoms with Crippen LogP contribution in [-0.2, 0) is 16.6 Å². The van der Waals surface area contributed by atoms with Gasteiger partial charge in [-0.15, -0.1) is 0 Å². The molecule has 3 aromatic carbocycles. The summed E-state index contributed by atoms with van der Waals surface area (Å²) in [6.07, 6.45) is 1.09. The van der Waals surface area contributed by atoms with Crippen molar-refractivity contribution >= 4 is 55.7 Å². The highest BCUT2D eigenvalue weighted by atomic mass is 35.5. The fourth-order valence-electron chi connectivity index (χ4n) is 3.96. The number of ketones is 1. The summed E-state index contributed by atoms with van der Waals surface area (Å²) in [5.41, 5.74) is 3.44. The van der Waals surface area contributed by atoms with E-state index in [2.05, 4.69) is 4.72 Å². The second-order valence-electron chi connectivity index (χ2n) is 8.49. The van der Waals surface area contributed by atoms with Crippen LogP contribution in [0.15, 0.2) is 65.1 Å². The number of furan rings is 1. The summed E-state index contributed by atoms with van der Waals surface area (Å²) in [6, 6.07) is 17.2. The molecule has 36 heavy (non-hydrogen) atoms. The molecule has 4 aromatic rings. The quantitative estimate of drug-likeness (QED) is 0.271. The molecule has 7 nitrogen and oxygen atoms in total. The van der Waals surface area contributed by atoms with E-state index in [1.165, 1.54) is 6.07 Å². The number of aliphatic hydroxyl groups excluding tert-OH is 1. The molecule has 0 amide bonds. The van der Waals surface area contributed by atoms with Gasteiger partial charge in [-0.2, -0.15) is 0 Å². The highest BCUT2D eigenvalue weighted by Gasteiger charge is 2.25. The molecule has 0 saturated heterocycles. The summed E-state index contributed by atoms with van der Waals surface area (Å²) >= 11 is 12.3. The van der Waals surface area contributed by atoms with Gasteiger partial charge in [0.2, 0.25) is 15.8 Å². The summed E-state index contributed by atoms with van der Waals surface area (Å²) in [4.78, 5) is 15.4. The molecule has 0 aliphatic rings. The number of nitrogens with zero attached hydrogens (tertiary/aromatic N) is 1. The summed E-state index contributed by atoms with van der Waals surface area (Å²) in [5.74, 6) is -0.218. The van der Waals surface area contributed by atoms with Crippen LogP contribution in [0, 0.1) is 0 Å². The zero-order valence-corrected chi connectivity index (χ0v) is 21.9. The number of nitrogens with one attached hydrogen (secondary N) is 1. The lowest BCUT2D eigenvalue weighted by Crippen LogP contribution is -2.22. The fraction of sp³-hybridized carbons (Fsp3) is 0.192. The minimum atomic E-state index is -3.42. The zero-order valence-electron chi connectivity index (χ0n) is 19.6. The van der Waals surface area contributed by atoms with Crippen LogP contribution in [0.5, 0.6) is 0 Å². The number of halogens is 2. The predicted molar refractivity (Wildman–Crippen MR) is 143 cm³/mol. The van der Waals surface area contributed by atoms with Crippen LogP contribution >= 0.6 is 23.2 Å². The van der Waals surface area contributed by atoms with Gasteiger partial charge in [-0.3, -0.25) is 14.4 Å². The van der Waals surface area contributed by atoms with Crippen LogP contribution < -0.4 is 4.72 Å². The number of hydrogen-bond donors (Lipinski definition) is 2. The molecule has 0 aliphatic heterocycles. The molecule has 0 aliphatic carbocycles. The monoisotopic (exact) mass is 546 g/mol. The third-order valence-corrected chi connectivity index (χ3v) is 6.74. The van der Waals surface area contributed by atoms with Gasteiger partial charge in [-0.1, -0.05) is 47.5 Å². The normalized spacial score (nSPS) is 11.8. The Kier molecular flexibility index (Phi) is 7.73. The minimum Gasteiger partial charge on any atom is -0.452 e. The molecule has 2 N–H and O–H groups in total. The molecule has 0 radical (unpaired) electrons. The van der Waals surface area contributed by atoms with E-state index in [-0.39, 0.29) is 28.7 Å². The number of aliphatic hydroxyl groups is 1. The van der Waals surface area contributed by atoms with Crippen molar-refractivity contribution in [1.82, 2.24) is 4.90 Å². The third-order valence-electron chi connectivity index (χ3n) is 5.58. The van der Waals surface area contributed by atoms with Crippen molar-refractivity contribution < 1.29 is 22.7 Å². The van der Waals surface area contributed by atoms with Gasteiger partial charge in [-0.25, -0.2) is 8.42 Å². The van der Waals surface area contributed by atoms with E-state index in [9.17, 15) is 18.3 Å². The van der Waals surface area contributed by atoms with Crippen molar-refractivity contribution in [2.45, 2.75) is 6.54 Å². The first-order valence-corrected chi connectivity index (χ1v) is 13.6. The third kappa shape index (κ3) is 5.91. The van der Waals surface area contributed by atoms with E-state index in [0.717, 1.165) is 22.8 Å². The van der Waals surface area contributed by atoms with Crippen LogP contribution in [0.3, 0.4) is 0 Å². The smallest absolute Gasteiger partial charge is 0.230 e. The van der Waals surface area contributed by atoms with Gasteiger partial charge in [0.15, 0.2) is 5.76 Å². The maximum absolute atomic E-state index is 13.5. The van der Waals surface area contributed by atoms with Crippen molar-refractivity contribution in [2.75, 3.05) is 31.2 Å². The molecule has 0 fully saturated rings. The Labute approximate surface area is 219 Å². The van der Waals surface area contributed by atoms with E-state index in [4.69, 9.17) is 27.6 Å². The number of carbonyl (C=O) groups is 1. The second-order valence-corrected chi connectivity index (χ2v) is 11.1. The van der Waals surface area contributed by atoms with Gasteiger partial charge in [0.05, 0.1) is 17.9 Å². The Morgan fingerprint density at radius 1 is 1.06 bits per heavy atom. The number of rotatable bonds is 9. The van der Waals surface area contributed by atoms with E-state index in [1.807, 2.05) is 36.2 Å². The Balaban J connectivity index is 1.81. The Morgan fingerprint density at radius 2 is 1.81 bits per heavy atom. The van der Waals surface area contributed by atoms with Crippen LogP contribution in [0.25, 0.3) is 22.1 Å². The lowest BCUT2D eigenvalue weighted by atomic mass is 10.0. The van der Waals surface area contributed by atoms with Crippen molar-refractivity contribution in [3.63, 3.8) is 0 Å². The SMILES string of the molecule is CN(CCO)Cc1c(C(=O)c2ccc(Cl)cc2Cl)oc2cc(-c3cccc(NS(C)(=O)=O)c3)ccc12. The van der Waals surface area contributed by atoms with Crippen molar-refractivity contribution in [3.05, 3.63) is 87.6 Å². The summed E-state index contributed by atoms with van der Waals surface area (Å²) < 4.78 is 31.8. The highest BCUT2D eigenvalue weighted by molar-refractivity contribution is 7.92. The molecule has 0 saturated carbocycles. The van der Waals surface area contributed by atoms with E-state index < -0.39 is 10.0 Å². The van der Waals surface area contributed by atoms with Gasteiger partial charge >= 0.3 is 0 Å². The second kappa shape index (κ2) is 10.6. The Bertz CT molecular complexity index is 1550. The summed E-state index contributed by atoms with van der Waals surface area (Å²) in [5, 5.41) is 10.7. The molecule has 1 aromatic heterocycles. The molecular formula is C26H24Cl2N2O5S.